The zero-order chi connectivity index (χ0) is 18.5. The lowest BCUT2D eigenvalue weighted by molar-refractivity contribution is -0.140. The van der Waals surface area contributed by atoms with Crippen LogP contribution >= 0.6 is 0 Å². The minimum atomic E-state index is -0.369. The van der Waals surface area contributed by atoms with E-state index in [1.807, 2.05) is 22.9 Å². The van der Waals surface area contributed by atoms with Gasteiger partial charge < -0.3 is 14.6 Å². The van der Waals surface area contributed by atoms with Gasteiger partial charge in [-0.05, 0) is 24.5 Å². The molecule has 144 valence electrons. The van der Waals surface area contributed by atoms with E-state index < -0.39 is 0 Å². The maximum absolute atomic E-state index is 13.4. The number of hydrogen-bond acceptors (Lipinski definition) is 4. The summed E-state index contributed by atoms with van der Waals surface area (Å²) >= 11 is 0. The summed E-state index contributed by atoms with van der Waals surface area (Å²) in [5.41, 5.74) is 1.78. The number of morpholine rings is 1. The van der Waals surface area contributed by atoms with Gasteiger partial charge in [-0.2, -0.15) is 0 Å². The quantitative estimate of drug-likeness (QED) is 0.881. The number of amides is 1. The molecule has 6 heteroatoms. The lowest BCUT2D eigenvalue weighted by atomic mass is 9.79. The van der Waals surface area contributed by atoms with Crippen LogP contribution in [-0.4, -0.2) is 52.2 Å². The summed E-state index contributed by atoms with van der Waals surface area (Å²) in [6.45, 7) is 3.66. The predicted molar refractivity (Wildman–Crippen MR) is 104 cm³/mol. The Balaban J connectivity index is 1.51. The van der Waals surface area contributed by atoms with Crippen LogP contribution in [0.25, 0.3) is 5.69 Å². The van der Waals surface area contributed by atoms with Crippen molar-refractivity contribution in [1.82, 2.24) is 19.8 Å². The third-order valence-electron chi connectivity index (χ3n) is 5.93. The fourth-order valence-electron chi connectivity index (χ4n) is 4.47. The van der Waals surface area contributed by atoms with Crippen LogP contribution in [0.5, 0.6) is 0 Å². The molecule has 1 aliphatic carbocycles. The molecule has 2 fully saturated rings. The van der Waals surface area contributed by atoms with E-state index in [-0.39, 0.29) is 11.4 Å². The highest BCUT2D eigenvalue weighted by atomic mass is 16.5. The topological polar surface area (TPSA) is 59.4 Å². The minimum absolute atomic E-state index is 0.171. The van der Waals surface area contributed by atoms with Gasteiger partial charge in [0.2, 0.25) is 5.91 Å². The molecule has 1 aromatic carbocycles. The van der Waals surface area contributed by atoms with Gasteiger partial charge in [0.15, 0.2) is 0 Å². The SMILES string of the molecule is O=C(NCc1ccccc1-n1ccnc1)C1(N2CCOCC2)CCCCC1. The molecular weight excluding hydrogens is 340 g/mol. The van der Waals surface area contributed by atoms with Crippen molar-refractivity contribution >= 4 is 5.91 Å². The third-order valence-corrected chi connectivity index (χ3v) is 5.93. The van der Waals surface area contributed by atoms with Crippen LogP contribution in [0.1, 0.15) is 37.7 Å². The second kappa shape index (κ2) is 8.23. The summed E-state index contributed by atoms with van der Waals surface area (Å²) in [4.78, 5) is 19.9. The number of para-hydroxylation sites is 1. The Bertz CT molecular complexity index is 747. The van der Waals surface area contributed by atoms with Crippen molar-refractivity contribution in [2.75, 3.05) is 26.3 Å². The van der Waals surface area contributed by atoms with E-state index in [9.17, 15) is 4.79 Å². The molecule has 1 aromatic heterocycles. The number of rotatable bonds is 5. The first-order chi connectivity index (χ1) is 13.3. The Labute approximate surface area is 160 Å². The molecule has 0 unspecified atom stereocenters. The number of nitrogens with one attached hydrogen (secondary N) is 1. The van der Waals surface area contributed by atoms with E-state index in [0.717, 1.165) is 63.2 Å². The summed E-state index contributed by atoms with van der Waals surface area (Å²) in [6, 6.07) is 8.15. The van der Waals surface area contributed by atoms with Crippen molar-refractivity contribution in [3.8, 4) is 5.69 Å². The van der Waals surface area contributed by atoms with Crippen LogP contribution in [0.15, 0.2) is 43.0 Å². The lowest BCUT2D eigenvalue weighted by Gasteiger charge is -2.46. The Morgan fingerprint density at radius 2 is 1.93 bits per heavy atom. The normalized spacial score (nSPS) is 20.3. The van der Waals surface area contributed by atoms with Crippen molar-refractivity contribution in [1.29, 1.82) is 0 Å². The van der Waals surface area contributed by atoms with E-state index in [4.69, 9.17) is 4.74 Å². The molecule has 0 bridgehead atoms. The fourth-order valence-corrected chi connectivity index (χ4v) is 4.47. The van der Waals surface area contributed by atoms with Crippen molar-refractivity contribution in [2.24, 2.45) is 0 Å². The van der Waals surface area contributed by atoms with Gasteiger partial charge in [0.05, 0.1) is 25.2 Å². The first-order valence-electron chi connectivity index (χ1n) is 9.97. The summed E-state index contributed by atoms with van der Waals surface area (Å²) < 4.78 is 7.51. The Morgan fingerprint density at radius 3 is 2.67 bits per heavy atom. The van der Waals surface area contributed by atoms with E-state index in [0.29, 0.717) is 6.54 Å². The van der Waals surface area contributed by atoms with Crippen molar-refractivity contribution in [3.05, 3.63) is 48.5 Å². The number of imidazole rings is 1. The Kier molecular flexibility index (Phi) is 5.55. The van der Waals surface area contributed by atoms with Crippen molar-refractivity contribution < 1.29 is 9.53 Å². The summed E-state index contributed by atoms with van der Waals surface area (Å²) in [5.74, 6) is 0.171. The van der Waals surface area contributed by atoms with Gasteiger partial charge in [-0.25, -0.2) is 4.98 Å². The molecule has 27 heavy (non-hydrogen) atoms. The zero-order valence-corrected chi connectivity index (χ0v) is 15.8. The standard InChI is InChI=1S/C21H28N4O2/c26-20(21(8-4-1-5-9-21)25-12-14-27-15-13-25)23-16-18-6-2-3-7-19(18)24-11-10-22-17-24/h2-3,6-7,10-11,17H,1,4-5,8-9,12-16H2,(H,23,26). The fraction of sp³-hybridized carbons (Fsp3) is 0.524. The molecule has 2 heterocycles. The highest BCUT2D eigenvalue weighted by Crippen LogP contribution is 2.34. The average Bonchev–Trinajstić information content (AvgIpc) is 3.28. The maximum atomic E-state index is 13.4. The van der Waals surface area contributed by atoms with Gasteiger partial charge in [0.1, 0.15) is 5.54 Å². The predicted octanol–water partition coefficient (Wildman–Crippen LogP) is 2.52. The highest BCUT2D eigenvalue weighted by Gasteiger charge is 2.44. The Hall–Kier alpha value is -2.18. The van der Waals surface area contributed by atoms with E-state index in [1.54, 1.807) is 12.5 Å². The first kappa shape index (κ1) is 18.2. The molecule has 0 radical (unpaired) electrons. The molecular formula is C21H28N4O2. The number of hydrogen-bond donors (Lipinski definition) is 1. The molecule has 1 N–H and O–H groups in total. The number of nitrogens with zero attached hydrogens (tertiary/aromatic N) is 3. The van der Waals surface area contributed by atoms with Gasteiger partial charge in [-0.15, -0.1) is 0 Å². The van der Waals surface area contributed by atoms with Gasteiger partial charge in [0, 0.05) is 32.0 Å². The van der Waals surface area contributed by atoms with Crippen LogP contribution in [0, 0.1) is 0 Å². The third kappa shape index (κ3) is 3.77. The number of benzene rings is 1. The average molecular weight is 368 g/mol. The molecule has 1 aliphatic heterocycles. The second-order valence-electron chi connectivity index (χ2n) is 7.47. The molecule has 0 atom stereocenters. The molecule has 2 aromatic rings. The van der Waals surface area contributed by atoms with Crippen molar-refractivity contribution in [3.63, 3.8) is 0 Å². The molecule has 1 saturated heterocycles. The van der Waals surface area contributed by atoms with Crippen molar-refractivity contribution in [2.45, 2.75) is 44.2 Å². The lowest BCUT2D eigenvalue weighted by Crippen LogP contribution is -2.62. The largest absolute Gasteiger partial charge is 0.379 e. The monoisotopic (exact) mass is 368 g/mol. The first-order valence-corrected chi connectivity index (χ1v) is 9.97. The van der Waals surface area contributed by atoms with E-state index in [1.165, 1.54) is 6.42 Å². The van der Waals surface area contributed by atoms with Crippen LogP contribution in [0.2, 0.25) is 0 Å². The Morgan fingerprint density at radius 1 is 1.15 bits per heavy atom. The van der Waals surface area contributed by atoms with E-state index in [2.05, 4.69) is 27.3 Å². The van der Waals surface area contributed by atoms with Crippen LogP contribution in [0.4, 0.5) is 0 Å². The highest BCUT2D eigenvalue weighted by molar-refractivity contribution is 5.86. The van der Waals surface area contributed by atoms with Crippen LogP contribution < -0.4 is 5.32 Å². The molecule has 1 saturated carbocycles. The molecule has 2 aliphatic rings. The van der Waals surface area contributed by atoms with E-state index >= 15 is 0 Å². The van der Waals surface area contributed by atoms with Gasteiger partial charge in [-0.3, -0.25) is 9.69 Å². The molecule has 4 rings (SSSR count). The number of aromatic nitrogens is 2. The zero-order valence-electron chi connectivity index (χ0n) is 15.8. The smallest absolute Gasteiger partial charge is 0.240 e. The summed E-state index contributed by atoms with van der Waals surface area (Å²) in [5, 5.41) is 3.25. The van der Waals surface area contributed by atoms with Crippen LogP contribution in [-0.2, 0) is 16.1 Å². The molecule has 6 nitrogen and oxygen atoms in total. The number of carbonyl (C=O) groups excluding carboxylic acids is 1. The summed E-state index contributed by atoms with van der Waals surface area (Å²) in [7, 11) is 0. The summed E-state index contributed by atoms with van der Waals surface area (Å²) in [6.07, 6.45) is 10.8. The second-order valence-corrected chi connectivity index (χ2v) is 7.47. The van der Waals surface area contributed by atoms with Gasteiger partial charge in [0.25, 0.3) is 0 Å². The maximum Gasteiger partial charge on any atom is 0.240 e. The number of ether oxygens (including phenoxy) is 1. The van der Waals surface area contributed by atoms with Gasteiger partial charge >= 0.3 is 0 Å². The number of carbonyl (C=O) groups is 1. The minimum Gasteiger partial charge on any atom is -0.379 e. The molecule has 0 spiro atoms. The van der Waals surface area contributed by atoms with Crippen LogP contribution in [0.3, 0.4) is 0 Å². The van der Waals surface area contributed by atoms with Gasteiger partial charge in [-0.1, -0.05) is 37.5 Å². The molecule has 1 amide bonds.